The van der Waals surface area contributed by atoms with E-state index in [1.54, 1.807) is 0 Å². The molecule has 0 saturated carbocycles. The van der Waals surface area contributed by atoms with E-state index in [0.29, 0.717) is 0 Å². The van der Waals surface area contributed by atoms with Crippen molar-refractivity contribution in [3.8, 4) is 0 Å². The third kappa shape index (κ3) is 2.48. The Morgan fingerprint density at radius 2 is 1.94 bits per heavy atom. The first-order chi connectivity index (χ1) is 8.49. The molecular formula is C12H13N3O3. The summed E-state index contributed by atoms with van der Waals surface area (Å²) in [4.78, 5) is 34.3. The number of imide groups is 1. The van der Waals surface area contributed by atoms with E-state index < -0.39 is 17.6 Å². The first kappa shape index (κ1) is 12.1. The lowest BCUT2D eigenvalue weighted by molar-refractivity contribution is -0.131. The van der Waals surface area contributed by atoms with Gasteiger partial charge in [0.2, 0.25) is 5.91 Å². The van der Waals surface area contributed by atoms with Gasteiger partial charge in [0.15, 0.2) is 5.66 Å². The van der Waals surface area contributed by atoms with Crippen LogP contribution in [0, 0.1) is 0 Å². The van der Waals surface area contributed by atoms with Crippen molar-refractivity contribution in [1.82, 2.24) is 16.0 Å². The molecule has 0 spiro atoms. The number of rotatable bonds is 3. The Balaban J connectivity index is 2.00. The molecule has 1 saturated heterocycles. The van der Waals surface area contributed by atoms with Gasteiger partial charge in [-0.25, -0.2) is 4.79 Å². The molecule has 1 unspecified atom stereocenters. The maximum Gasteiger partial charge on any atom is 0.323 e. The summed E-state index contributed by atoms with van der Waals surface area (Å²) in [6, 6.07) is 8.53. The van der Waals surface area contributed by atoms with Crippen LogP contribution in [0.5, 0.6) is 0 Å². The molecule has 0 radical (unpaired) electrons. The quantitative estimate of drug-likeness (QED) is 0.652. The minimum atomic E-state index is -1.37. The Morgan fingerprint density at radius 1 is 1.28 bits per heavy atom. The van der Waals surface area contributed by atoms with E-state index in [2.05, 4.69) is 16.0 Å². The highest BCUT2D eigenvalue weighted by atomic mass is 16.2. The van der Waals surface area contributed by atoms with Gasteiger partial charge >= 0.3 is 6.03 Å². The van der Waals surface area contributed by atoms with Gasteiger partial charge in [-0.1, -0.05) is 30.3 Å². The van der Waals surface area contributed by atoms with Gasteiger partial charge in [0, 0.05) is 0 Å². The Morgan fingerprint density at radius 3 is 2.50 bits per heavy atom. The van der Waals surface area contributed by atoms with E-state index in [1.165, 1.54) is 6.92 Å². The molecule has 3 N–H and O–H groups in total. The Kier molecular flexibility index (Phi) is 3.01. The summed E-state index contributed by atoms with van der Waals surface area (Å²) in [6.07, 6.45) is 0.152. The average molecular weight is 247 g/mol. The van der Waals surface area contributed by atoms with Crippen LogP contribution in [-0.2, 0) is 16.0 Å². The van der Waals surface area contributed by atoms with Crippen LogP contribution in [-0.4, -0.2) is 23.5 Å². The second kappa shape index (κ2) is 4.48. The molecule has 2 rings (SSSR count). The lowest BCUT2D eigenvalue weighted by atomic mass is 10.1. The fourth-order valence-corrected chi connectivity index (χ4v) is 1.74. The fraction of sp³-hybridized carbons (Fsp3) is 0.250. The Bertz CT molecular complexity index is 501. The lowest BCUT2D eigenvalue weighted by Gasteiger charge is -2.22. The number of carbonyl (C=O) groups excluding carboxylic acids is 3. The minimum absolute atomic E-state index is 0.152. The predicted molar refractivity (Wildman–Crippen MR) is 63.4 cm³/mol. The van der Waals surface area contributed by atoms with Crippen LogP contribution in [0.1, 0.15) is 12.5 Å². The van der Waals surface area contributed by atoms with Crippen LogP contribution in [0.4, 0.5) is 4.79 Å². The van der Waals surface area contributed by atoms with Crippen LogP contribution >= 0.6 is 0 Å². The van der Waals surface area contributed by atoms with Gasteiger partial charge in [0.05, 0.1) is 6.42 Å². The molecule has 1 fully saturated rings. The summed E-state index contributed by atoms with van der Waals surface area (Å²) in [5.74, 6) is -0.894. The molecule has 1 heterocycles. The van der Waals surface area contributed by atoms with Gasteiger partial charge in [-0.3, -0.25) is 14.9 Å². The zero-order chi connectivity index (χ0) is 13.2. The topological polar surface area (TPSA) is 87.3 Å². The summed E-state index contributed by atoms with van der Waals surface area (Å²) in [7, 11) is 0. The van der Waals surface area contributed by atoms with Crippen molar-refractivity contribution in [1.29, 1.82) is 0 Å². The van der Waals surface area contributed by atoms with Crippen molar-refractivity contribution in [2.24, 2.45) is 0 Å². The number of hydrogen-bond acceptors (Lipinski definition) is 3. The summed E-state index contributed by atoms with van der Waals surface area (Å²) in [5.41, 5.74) is -0.536. The van der Waals surface area contributed by atoms with E-state index >= 15 is 0 Å². The number of carbonyl (C=O) groups is 3. The molecule has 94 valence electrons. The second-order valence-electron chi connectivity index (χ2n) is 4.24. The average Bonchev–Trinajstić information content (AvgIpc) is 2.53. The zero-order valence-electron chi connectivity index (χ0n) is 9.82. The van der Waals surface area contributed by atoms with Gasteiger partial charge < -0.3 is 10.6 Å². The molecule has 6 heteroatoms. The van der Waals surface area contributed by atoms with Crippen molar-refractivity contribution in [3.63, 3.8) is 0 Å². The first-order valence-corrected chi connectivity index (χ1v) is 5.48. The van der Waals surface area contributed by atoms with E-state index in [9.17, 15) is 14.4 Å². The third-order valence-electron chi connectivity index (χ3n) is 2.64. The maximum absolute atomic E-state index is 11.8. The van der Waals surface area contributed by atoms with Gasteiger partial charge in [0.1, 0.15) is 0 Å². The van der Waals surface area contributed by atoms with E-state index in [0.717, 1.165) is 5.56 Å². The molecule has 1 aliphatic rings. The van der Waals surface area contributed by atoms with Crippen molar-refractivity contribution >= 4 is 17.8 Å². The molecule has 1 atom stereocenters. The molecule has 1 aliphatic heterocycles. The molecule has 4 amide bonds. The summed E-state index contributed by atoms with van der Waals surface area (Å²) in [6.45, 7) is 1.44. The zero-order valence-corrected chi connectivity index (χ0v) is 9.82. The number of amides is 4. The van der Waals surface area contributed by atoms with Crippen LogP contribution in [0.2, 0.25) is 0 Å². The minimum Gasteiger partial charge on any atom is -0.325 e. The molecule has 0 aromatic heterocycles. The van der Waals surface area contributed by atoms with Gasteiger partial charge in [-0.2, -0.15) is 0 Å². The number of hydrogen-bond donors (Lipinski definition) is 3. The number of urea groups is 1. The first-order valence-electron chi connectivity index (χ1n) is 5.48. The molecule has 0 bridgehead atoms. The van der Waals surface area contributed by atoms with Gasteiger partial charge in [-0.05, 0) is 12.5 Å². The molecule has 1 aromatic carbocycles. The SMILES string of the molecule is CC1(NC(=O)Cc2ccccc2)NC(=O)NC1=O. The fourth-order valence-electron chi connectivity index (χ4n) is 1.74. The second-order valence-corrected chi connectivity index (χ2v) is 4.24. The summed E-state index contributed by atoms with van der Waals surface area (Å²) < 4.78 is 0. The third-order valence-corrected chi connectivity index (χ3v) is 2.64. The van der Waals surface area contributed by atoms with E-state index in [4.69, 9.17) is 0 Å². The largest absolute Gasteiger partial charge is 0.325 e. The summed E-state index contributed by atoms with van der Waals surface area (Å²) >= 11 is 0. The van der Waals surface area contributed by atoms with E-state index in [1.807, 2.05) is 30.3 Å². The lowest BCUT2D eigenvalue weighted by Crippen LogP contribution is -2.58. The van der Waals surface area contributed by atoms with Crippen molar-refractivity contribution in [2.45, 2.75) is 19.0 Å². The predicted octanol–water partition coefficient (Wildman–Crippen LogP) is -0.0991. The molecule has 1 aromatic rings. The number of nitrogens with one attached hydrogen (secondary N) is 3. The van der Waals surface area contributed by atoms with Crippen LogP contribution in [0.3, 0.4) is 0 Å². The van der Waals surface area contributed by atoms with Crippen LogP contribution in [0.15, 0.2) is 30.3 Å². The van der Waals surface area contributed by atoms with Crippen LogP contribution < -0.4 is 16.0 Å². The molecule has 18 heavy (non-hydrogen) atoms. The highest BCUT2D eigenvalue weighted by Crippen LogP contribution is 2.07. The van der Waals surface area contributed by atoms with Crippen molar-refractivity contribution in [2.75, 3.05) is 0 Å². The number of benzene rings is 1. The van der Waals surface area contributed by atoms with Crippen molar-refractivity contribution in [3.05, 3.63) is 35.9 Å². The standard InChI is InChI=1S/C12H13N3O3/c1-12(10(17)13-11(18)15-12)14-9(16)7-8-5-3-2-4-6-8/h2-6H,7H2,1H3,(H,14,16)(H2,13,15,17,18). The maximum atomic E-state index is 11.8. The Hall–Kier alpha value is -2.37. The van der Waals surface area contributed by atoms with Crippen LogP contribution in [0.25, 0.3) is 0 Å². The highest BCUT2D eigenvalue weighted by Gasteiger charge is 2.43. The van der Waals surface area contributed by atoms with Crippen molar-refractivity contribution < 1.29 is 14.4 Å². The van der Waals surface area contributed by atoms with Gasteiger partial charge in [0.25, 0.3) is 5.91 Å². The van der Waals surface area contributed by atoms with E-state index in [-0.39, 0.29) is 12.3 Å². The highest BCUT2D eigenvalue weighted by molar-refractivity contribution is 6.08. The smallest absolute Gasteiger partial charge is 0.323 e. The molecule has 6 nitrogen and oxygen atoms in total. The summed E-state index contributed by atoms with van der Waals surface area (Å²) in [5, 5.41) is 6.94. The normalized spacial score (nSPS) is 22.3. The van der Waals surface area contributed by atoms with Gasteiger partial charge in [-0.15, -0.1) is 0 Å². The monoisotopic (exact) mass is 247 g/mol. The Labute approximate surface area is 104 Å². The molecule has 0 aliphatic carbocycles. The molecular weight excluding hydrogens is 234 g/mol.